The molecule has 10 nitrogen and oxygen atoms in total. The zero-order valence-corrected chi connectivity index (χ0v) is 28.2. The summed E-state index contributed by atoms with van der Waals surface area (Å²) in [5, 5.41) is 0. The average Bonchev–Trinajstić information content (AvgIpc) is 3.27. The van der Waals surface area contributed by atoms with Gasteiger partial charge in [-0.1, -0.05) is 44.2 Å². The van der Waals surface area contributed by atoms with Gasteiger partial charge < -0.3 is 4.74 Å². The van der Waals surface area contributed by atoms with Crippen molar-refractivity contribution in [3.05, 3.63) is 99.8 Å². The number of hydrogen-bond donors (Lipinski definition) is 0. The quantitative estimate of drug-likeness (QED) is 0.0904. The molecule has 0 bridgehead atoms. The highest BCUT2D eigenvalue weighted by molar-refractivity contribution is 14.1. The molecular weight excluding hydrogens is 695 g/mol. The summed E-state index contributed by atoms with van der Waals surface area (Å²) in [5.41, 5.74) is 3.84. The van der Waals surface area contributed by atoms with E-state index in [1.54, 1.807) is 41.4 Å². The number of amides is 3. The lowest BCUT2D eigenvalue weighted by molar-refractivity contribution is -0.123. The van der Waals surface area contributed by atoms with Crippen LogP contribution in [-0.2, 0) is 16.1 Å². The van der Waals surface area contributed by atoms with Gasteiger partial charge in [0.05, 0.1) is 23.6 Å². The van der Waals surface area contributed by atoms with Gasteiger partial charge >= 0.3 is 12.0 Å². The van der Waals surface area contributed by atoms with Gasteiger partial charge in [0, 0.05) is 31.9 Å². The molecule has 6 rings (SSSR count). The normalized spacial score (nSPS) is 16.5. The van der Waals surface area contributed by atoms with Crippen molar-refractivity contribution in [2.75, 3.05) is 29.5 Å². The first-order valence-electron chi connectivity index (χ1n) is 15.3. The lowest BCUT2D eigenvalue weighted by Gasteiger charge is -2.41. The molecule has 11 heteroatoms. The summed E-state index contributed by atoms with van der Waals surface area (Å²) >= 11 is 2.09. The number of esters is 1. The van der Waals surface area contributed by atoms with Crippen molar-refractivity contribution in [1.82, 2.24) is 19.9 Å². The third-order valence-corrected chi connectivity index (χ3v) is 9.15. The number of halogens is 1. The molecule has 0 N–H and O–H groups in total. The summed E-state index contributed by atoms with van der Waals surface area (Å²) < 4.78 is 6.02. The van der Waals surface area contributed by atoms with E-state index in [1.165, 1.54) is 11.2 Å². The highest BCUT2D eigenvalue weighted by atomic mass is 127. The largest absolute Gasteiger partial charge is 0.462 e. The predicted molar refractivity (Wildman–Crippen MR) is 183 cm³/mol. The summed E-state index contributed by atoms with van der Waals surface area (Å²) in [6.45, 7) is 8.34. The first kappa shape index (κ1) is 31.7. The Morgan fingerprint density at radius 2 is 1.63 bits per heavy atom. The van der Waals surface area contributed by atoms with Gasteiger partial charge in [-0.25, -0.2) is 24.5 Å². The molecule has 3 amide bonds. The van der Waals surface area contributed by atoms with E-state index < -0.39 is 11.6 Å². The highest BCUT2D eigenvalue weighted by Gasteiger charge is 2.59. The van der Waals surface area contributed by atoms with Gasteiger partial charge in [0.1, 0.15) is 21.4 Å². The summed E-state index contributed by atoms with van der Waals surface area (Å²) in [6.07, 6.45) is 4.15. The number of anilines is 2. The molecule has 0 radical (unpaired) electrons. The molecule has 1 spiro atoms. The van der Waals surface area contributed by atoms with E-state index in [-0.39, 0.29) is 17.8 Å². The van der Waals surface area contributed by atoms with Gasteiger partial charge in [0.2, 0.25) is 0 Å². The number of aryl methyl sites for hydroxylation is 1. The zero-order chi connectivity index (χ0) is 32.4. The van der Waals surface area contributed by atoms with Crippen LogP contribution in [0.3, 0.4) is 0 Å². The van der Waals surface area contributed by atoms with Crippen molar-refractivity contribution in [3.63, 3.8) is 0 Å². The fourth-order valence-electron chi connectivity index (χ4n) is 6.01. The maximum atomic E-state index is 14.4. The van der Waals surface area contributed by atoms with Crippen molar-refractivity contribution in [2.24, 2.45) is 5.92 Å². The minimum Gasteiger partial charge on any atom is -0.462 e. The van der Waals surface area contributed by atoms with E-state index in [9.17, 15) is 14.4 Å². The summed E-state index contributed by atoms with van der Waals surface area (Å²) in [7, 11) is 0. The average molecular weight is 731 g/mol. The topological polar surface area (TPSA) is 109 Å². The molecule has 4 aromatic rings. The van der Waals surface area contributed by atoms with Gasteiger partial charge in [-0.3, -0.25) is 19.6 Å². The van der Waals surface area contributed by atoms with Crippen LogP contribution < -0.4 is 9.80 Å². The number of piperidine rings is 1. The van der Waals surface area contributed by atoms with Crippen molar-refractivity contribution in [3.8, 4) is 11.1 Å². The number of benzene rings is 2. The molecule has 46 heavy (non-hydrogen) atoms. The number of imide groups is 1. The van der Waals surface area contributed by atoms with Crippen LogP contribution in [0.2, 0.25) is 0 Å². The molecule has 2 fully saturated rings. The standard InChI is InChI=1S/C35H35IN6O4/c1-23(2)21-46-32(43)27-8-6-25(7-9-27)26-10-12-28(13-11-26)41-33(44)35(42(34(41)45)31-19-30(36)38-22-39-31)14-17-40(18-15-35)20-29-24(3)5-4-16-37-29/h4-13,16,19,22-23H,14-15,17-18,20-21H2,1-3H3. The Kier molecular flexibility index (Phi) is 9.14. The van der Waals surface area contributed by atoms with E-state index in [0.29, 0.717) is 59.9 Å². The minimum absolute atomic E-state index is 0.253. The Morgan fingerprint density at radius 3 is 2.26 bits per heavy atom. The smallest absolute Gasteiger partial charge is 0.338 e. The van der Waals surface area contributed by atoms with Crippen molar-refractivity contribution in [1.29, 1.82) is 0 Å². The zero-order valence-electron chi connectivity index (χ0n) is 26.0. The van der Waals surface area contributed by atoms with Gasteiger partial charge in [-0.15, -0.1) is 0 Å². The summed E-state index contributed by atoms with van der Waals surface area (Å²) in [4.78, 5) is 59.2. The fraction of sp³-hybridized carbons (Fsp3) is 0.314. The molecule has 4 heterocycles. The Hall–Kier alpha value is -4.23. The molecule has 2 saturated heterocycles. The van der Waals surface area contributed by atoms with Crippen LogP contribution in [0, 0.1) is 16.5 Å². The molecule has 0 aliphatic carbocycles. The van der Waals surface area contributed by atoms with Crippen molar-refractivity contribution < 1.29 is 19.1 Å². The third kappa shape index (κ3) is 6.25. The maximum Gasteiger partial charge on any atom is 0.338 e. The number of likely N-dealkylation sites (tertiary alicyclic amines) is 1. The number of hydrogen-bond acceptors (Lipinski definition) is 8. The molecule has 2 aliphatic heterocycles. The maximum absolute atomic E-state index is 14.4. The molecule has 2 aromatic heterocycles. The van der Waals surface area contributed by atoms with E-state index in [1.807, 2.05) is 44.2 Å². The van der Waals surface area contributed by atoms with Crippen LogP contribution in [0.1, 0.15) is 48.3 Å². The van der Waals surface area contributed by atoms with Crippen LogP contribution in [0.25, 0.3) is 11.1 Å². The van der Waals surface area contributed by atoms with Gasteiger partial charge in [-0.05, 0) is 95.3 Å². The molecule has 0 atom stereocenters. The SMILES string of the molecule is Cc1cccnc1CN1CCC2(CC1)C(=O)N(c1ccc(-c3ccc(C(=O)OCC(C)C)cc3)cc1)C(=O)N2c1cc(I)ncn1. The monoisotopic (exact) mass is 730 g/mol. The lowest BCUT2D eigenvalue weighted by atomic mass is 9.85. The molecular formula is C35H35IN6O4. The number of carbonyl (C=O) groups excluding carboxylic acids is 3. The second-order valence-electron chi connectivity index (χ2n) is 12.1. The Bertz CT molecular complexity index is 1750. The summed E-state index contributed by atoms with van der Waals surface area (Å²) in [5.74, 6) is 0.0722. The second kappa shape index (κ2) is 13.2. The number of rotatable bonds is 8. The van der Waals surface area contributed by atoms with E-state index in [2.05, 4.69) is 55.4 Å². The van der Waals surface area contributed by atoms with Crippen LogP contribution >= 0.6 is 22.6 Å². The first-order chi connectivity index (χ1) is 22.2. The van der Waals surface area contributed by atoms with Crippen LogP contribution in [0.5, 0.6) is 0 Å². The molecule has 0 saturated carbocycles. The number of ether oxygens (including phenoxy) is 1. The predicted octanol–water partition coefficient (Wildman–Crippen LogP) is 6.27. The van der Waals surface area contributed by atoms with Crippen molar-refractivity contribution in [2.45, 2.75) is 45.7 Å². The number of aromatic nitrogens is 3. The third-order valence-electron chi connectivity index (χ3n) is 8.56. The van der Waals surface area contributed by atoms with Crippen LogP contribution in [0.15, 0.2) is 79.3 Å². The molecule has 236 valence electrons. The molecule has 2 aromatic carbocycles. The Labute approximate surface area is 281 Å². The molecule has 2 aliphatic rings. The Balaban J connectivity index is 1.24. The van der Waals surface area contributed by atoms with Gasteiger partial charge in [0.25, 0.3) is 5.91 Å². The van der Waals surface area contributed by atoms with Gasteiger partial charge in [0.15, 0.2) is 0 Å². The van der Waals surface area contributed by atoms with Crippen LogP contribution in [-0.4, -0.2) is 63.0 Å². The fourth-order valence-corrected chi connectivity index (χ4v) is 6.41. The van der Waals surface area contributed by atoms with Crippen molar-refractivity contribution >= 4 is 52.0 Å². The van der Waals surface area contributed by atoms with E-state index in [4.69, 9.17) is 4.74 Å². The lowest BCUT2D eigenvalue weighted by Crippen LogP contribution is -2.57. The molecule has 0 unspecified atom stereocenters. The Morgan fingerprint density at radius 1 is 0.957 bits per heavy atom. The highest BCUT2D eigenvalue weighted by Crippen LogP contribution is 2.42. The van der Waals surface area contributed by atoms with E-state index >= 15 is 0 Å². The van der Waals surface area contributed by atoms with E-state index in [0.717, 1.165) is 22.4 Å². The minimum atomic E-state index is -1.07. The number of pyridine rings is 1. The van der Waals surface area contributed by atoms with Gasteiger partial charge in [-0.2, -0.15) is 0 Å². The second-order valence-corrected chi connectivity index (χ2v) is 13.3. The number of nitrogens with zero attached hydrogens (tertiary/aromatic N) is 6. The first-order valence-corrected chi connectivity index (χ1v) is 16.4. The summed E-state index contributed by atoms with van der Waals surface area (Å²) in [6, 6.07) is 19.8. The van der Waals surface area contributed by atoms with Crippen LogP contribution in [0.4, 0.5) is 16.3 Å². The number of urea groups is 1. The number of carbonyl (C=O) groups is 3.